The molecule has 0 saturated carbocycles. The van der Waals surface area contributed by atoms with Gasteiger partial charge in [-0.2, -0.15) is 4.31 Å². The highest BCUT2D eigenvalue weighted by Gasteiger charge is 2.31. The summed E-state index contributed by atoms with van der Waals surface area (Å²) in [5, 5.41) is 3.01. The maximum absolute atomic E-state index is 13.2. The van der Waals surface area contributed by atoms with Crippen LogP contribution in [0.5, 0.6) is 0 Å². The van der Waals surface area contributed by atoms with Crippen molar-refractivity contribution in [1.82, 2.24) is 14.2 Å². The van der Waals surface area contributed by atoms with Crippen LogP contribution in [0.1, 0.15) is 21.7 Å². The molecule has 1 aliphatic heterocycles. The number of hydrogen-bond acceptors (Lipinski definition) is 6. The van der Waals surface area contributed by atoms with Crippen molar-refractivity contribution in [3.05, 3.63) is 57.6 Å². The van der Waals surface area contributed by atoms with E-state index < -0.39 is 10.0 Å². The molecule has 0 spiro atoms. The van der Waals surface area contributed by atoms with Gasteiger partial charge in [0.2, 0.25) is 10.0 Å². The number of furan rings is 1. The fraction of sp³-hybridized carbons (Fsp3) is 0.381. The second-order valence-corrected chi connectivity index (χ2v) is 10.3. The number of aromatic nitrogens is 1. The Balaban J connectivity index is 1.42. The van der Waals surface area contributed by atoms with E-state index in [1.54, 1.807) is 21.9 Å². The summed E-state index contributed by atoms with van der Waals surface area (Å²) in [5.74, 6) is 0.771. The van der Waals surface area contributed by atoms with Crippen molar-refractivity contribution in [2.24, 2.45) is 0 Å². The van der Waals surface area contributed by atoms with Gasteiger partial charge in [0.15, 0.2) is 5.76 Å². The Bertz CT molecular complexity index is 1070. The molecule has 29 heavy (non-hydrogen) atoms. The predicted molar refractivity (Wildman–Crippen MR) is 115 cm³/mol. The lowest BCUT2D eigenvalue weighted by atomic mass is 10.1. The van der Waals surface area contributed by atoms with Crippen LogP contribution < -0.4 is 0 Å². The Morgan fingerprint density at radius 3 is 2.41 bits per heavy atom. The number of thiazole rings is 1. The Kier molecular flexibility index (Phi) is 5.61. The van der Waals surface area contributed by atoms with Gasteiger partial charge in [0.25, 0.3) is 0 Å². The van der Waals surface area contributed by atoms with Gasteiger partial charge < -0.3 is 4.42 Å². The van der Waals surface area contributed by atoms with Gasteiger partial charge in [-0.15, -0.1) is 11.3 Å². The topological polar surface area (TPSA) is 66.7 Å². The lowest BCUT2D eigenvalue weighted by molar-refractivity contribution is 0.181. The van der Waals surface area contributed by atoms with Gasteiger partial charge in [0, 0.05) is 31.6 Å². The fourth-order valence-electron chi connectivity index (χ4n) is 3.94. The third kappa shape index (κ3) is 4.16. The van der Waals surface area contributed by atoms with Gasteiger partial charge in [-0.3, -0.25) is 4.90 Å². The molecule has 0 radical (unpaired) electrons. The number of rotatable bonds is 5. The normalized spacial score (nSPS) is 16.4. The van der Waals surface area contributed by atoms with Crippen molar-refractivity contribution in [3.63, 3.8) is 0 Å². The minimum atomic E-state index is -3.48. The zero-order chi connectivity index (χ0) is 20.6. The van der Waals surface area contributed by atoms with E-state index in [4.69, 9.17) is 4.42 Å². The van der Waals surface area contributed by atoms with Gasteiger partial charge in [0.05, 0.1) is 17.7 Å². The zero-order valence-corrected chi connectivity index (χ0v) is 18.5. The molecule has 8 heteroatoms. The van der Waals surface area contributed by atoms with Gasteiger partial charge in [0.1, 0.15) is 10.7 Å². The molecule has 0 aliphatic carbocycles. The average molecular weight is 432 g/mol. The molecule has 2 aromatic heterocycles. The van der Waals surface area contributed by atoms with E-state index in [1.165, 1.54) is 0 Å². The number of nitrogens with zero attached hydrogens (tertiary/aromatic N) is 3. The first-order valence-corrected chi connectivity index (χ1v) is 12.0. The Labute approximate surface area is 175 Å². The average Bonchev–Trinajstić information content (AvgIpc) is 3.32. The van der Waals surface area contributed by atoms with Crippen LogP contribution in [0.4, 0.5) is 0 Å². The molecule has 1 saturated heterocycles. The lowest BCUT2D eigenvalue weighted by Crippen LogP contribution is -2.48. The SMILES string of the molecule is Cc1cc(C)c(S(=O)(=O)N2CCN(Cc3nc(-c4ccco4)cs3)CC2)c(C)c1. The molecular weight excluding hydrogens is 406 g/mol. The van der Waals surface area contributed by atoms with Crippen molar-refractivity contribution in [2.75, 3.05) is 26.2 Å². The van der Waals surface area contributed by atoms with Crippen molar-refractivity contribution < 1.29 is 12.8 Å². The molecule has 0 amide bonds. The summed E-state index contributed by atoms with van der Waals surface area (Å²) in [6.45, 7) is 8.84. The molecule has 0 bridgehead atoms. The predicted octanol–water partition coefficient (Wildman–Crippen LogP) is 3.83. The number of hydrogen-bond donors (Lipinski definition) is 0. The number of benzene rings is 1. The van der Waals surface area contributed by atoms with E-state index in [2.05, 4.69) is 9.88 Å². The van der Waals surface area contributed by atoms with E-state index in [0.29, 0.717) is 31.1 Å². The summed E-state index contributed by atoms with van der Waals surface area (Å²) >= 11 is 1.61. The minimum absolute atomic E-state index is 0.458. The van der Waals surface area contributed by atoms with Crippen LogP contribution in [0.15, 0.2) is 45.2 Å². The van der Waals surface area contributed by atoms with Crippen LogP contribution in [0.25, 0.3) is 11.5 Å². The molecule has 0 N–H and O–H groups in total. The van der Waals surface area contributed by atoms with Gasteiger partial charge in [-0.25, -0.2) is 13.4 Å². The number of aryl methyl sites for hydroxylation is 3. The molecule has 1 aliphatic rings. The third-order valence-corrected chi connectivity index (χ3v) is 8.26. The monoisotopic (exact) mass is 431 g/mol. The summed E-state index contributed by atoms with van der Waals surface area (Å²) < 4.78 is 33.5. The quantitative estimate of drug-likeness (QED) is 0.614. The second-order valence-electron chi connectivity index (χ2n) is 7.51. The fourth-order valence-corrected chi connectivity index (χ4v) is 6.60. The van der Waals surface area contributed by atoms with Gasteiger partial charge in [-0.1, -0.05) is 17.7 Å². The summed E-state index contributed by atoms with van der Waals surface area (Å²) in [6, 6.07) is 7.63. The standard InChI is InChI=1S/C21H25N3O3S2/c1-15-11-16(2)21(17(3)12-15)29(25,26)24-8-6-23(7-9-24)13-20-22-18(14-28-20)19-5-4-10-27-19/h4-5,10-12,14H,6-9,13H2,1-3H3. The van der Waals surface area contributed by atoms with Crippen LogP contribution >= 0.6 is 11.3 Å². The Morgan fingerprint density at radius 2 is 1.79 bits per heavy atom. The molecule has 1 fully saturated rings. The first-order chi connectivity index (χ1) is 13.8. The second kappa shape index (κ2) is 8.02. The largest absolute Gasteiger partial charge is 0.463 e. The highest BCUT2D eigenvalue weighted by atomic mass is 32.2. The Hall–Kier alpha value is -2.00. The van der Waals surface area contributed by atoms with Crippen LogP contribution in [-0.2, 0) is 16.6 Å². The summed E-state index contributed by atoms with van der Waals surface area (Å²) in [7, 11) is -3.48. The van der Waals surface area contributed by atoms with Gasteiger partial charge >= 0.3 is 0 Å². The van der Waals surface area contributed by atoms with E-state index >= 15 is 0 Å². The summed E-state index contributed by atoms with van der Waals surface area (Å²) in [5.41, 5.74) is 3.57. The maximum atomic E-state index is 13.2. The molecule has 3 heterocycles. The smallest absolute Gasteiger partial charge is 0.243 e. The van der Waals surface area contributed by atoms with Crippen LogP contribution in [-0.4, -0.2) is 48.8 Å². The van der Waals surface area contributed by atoms with Crippen LogP contribution in [0.2, 0.25) is 0 Å². The summed E-state index contributed by atoms with van der Waals surface area (Å²) in [4.78, 5) is 7.36. The van der Waals surface area contributed by atoms with Crippen LogP contribution in [0.3, 0.4) is 0 Å². The highest BCUT2D eigenvalue weighted by molar-refractivity contribution is 7.89. The molecule has 154 valence electrons. The van der Waals surface area contributed by atoms with E-state index in [-0.39, 0.29) is 0 Å². The third-order valence-electron chi connectivity index (χ3n) is 5.22. The summed E-state index contributed by atoms with van der Waals surface area (Å²) in [6.07, 6.45) is 1.64. The maximum Gasteiger partial charge on any atom is 0.243 e. The van der Waals surface area contributed by atoms with Gasteiger partial charge in [-0.05, 0) is 44.0 Å². The van der Waals surface area contributed by atoms with E-state index in [1.807, 2.05) is 50.4 Å². The zero-order valence-electron chi connectivity index (χ0n) is 16.9. The molecule has 1 aromatic carbocycles. The minimum Gasteiger partial charge on any atom is -0.463 e. The number of sulfonamides is 1. The highest BCUT2D eigenvalue weighted by Crippen LogP contribution is 2.27. The van der Waals surface area contributed by atoms with E-state index in [9.17, 15) is 8.42 Å². The molecular formula is C21H25N3O3S2. The Morgan fingerprint density at radius 1 is 1.10 bits per heavy atom. The molecule has 6 nitrogen and oxygen atoms in total. The first-order valence-electron chi connectivity index (χ1n) is 9.63. The molecule has 4 rings (SSSR count). The van der Waals surface area contributed by atoms with Crippen LogP contribution in [0, 0.1) is 20.8 Å². The van der Waals surface area contributed by atoms with E-state index in [0.717, 1.165) is 39.7 Å². The molecule has 0 unspecified atom stereocenters. The van der Waals surface area contributed by atoms with Crippen molar-refractivity contribution in [2.45, 2.75) is 32.2 Å². The lowest BCUT2D eigenvalue weighted by Gasteiger charge is -2.34. The molecule has 0 atom stereocenters. The van der Waals surface area contributed by atoms with Crippen molar-refractivity contribution in [1.29, 1.82) is 0 Å². The first kappa shape index (κ1) is 20.3. The van der Waals surface area contributed by atoms with Crippen molar-refractivity contribution in [3.8, 4) is 11.5 Å². The van der Waals surface area contributed by atoms with Crippen molar-refractivity contribution >= 4 is 21.4 Å². The number of piperazine rings is 1. The molecule has 3 aromatic rings.